The van der Waals surface area contributed by atoms with Crippen LogP contribution in [0.25, 0.3) is 0 Å². The van der Waals surface area contributed by atoms with E-state index in [9.17, 15) is 4.79 Å². The fourth-order valence-electron chi connectivity index (χ4n) is 2.75. The van der Waals surface area contributed by atoms with E-state index in [4.69, 9.17) is 4.74 Å². The molecule has 1 fully saturated rings. The fraction of sp³-hybridized carbons (Fsp3) is 0.632. The fourth-order valence-corrected chi connectivity index (χ4v) is 2.75. The summed E-state index contributed by atoms with van der Waals surface area (Å²) in [6.07, 6.45) is -0.231. The van der Waals surface area contributed by atoms with Crippen molar-refractivity contribution in [2.75, 3.05) is 19.6 Å². The average molecular weight is 318 g/mol. The third-order valence-electron chi connectivity index (χ3n) is 4.01. The molecule has 0 saturated carbocycles. The molecule has 4 heteroatoms. The van der Waals surface area contributed by atoms with Crippen molar-refractivity contribution in [2.45, 2.75) is 58.6 Å². The second kappa shape index (κ2) is 6.52. The lowest BCUT2D eigenvalue weighted by Gasteiger charge is -2.37. The average Bonchev–Trinajstić information content (AvgIpc) is 2.45. The van der Waals surface area contributed by atoms with Gasteiger partial charge < -0.3 is 10.1 Å². The molecule has 0 bridgehead atoms. The van der Waals surface area contributed by atoms with Crippen LogP contribution in [-0.4, -0.2) is 36.2 Å². The summed E-state index contributed by atoms with van der Waals surface area (Å²) in [6.45, 7) is 14.6. The van der Waals surface area contributed by atoms with E-state index in [1.54, 1.807) is 0 Å². The maximum Gasteiger partial charge on any atom is 0.410 e. The SMILES string of the molecule is CC(C)(C)OC(=O)N1CCNCC1c1cccc(C(C)(C)C)c1. The zero-order valence-corrected chi connectivity index (χ0v) is 15.3. The van der Waals surface area contributed by atoms with E-state index in [1.165, 1.54) is 5.56 Å². The normalized spacial score (nSPS) is 19.6. The second-order valence-corrected chi connectivity index (χ2v) is 8.27. The number of amides is 1. The predicted octanol–water partition coefficient (Wildman–Crippen LogP) is 3.87. The minimum absolute atomic E-state index is 0.0147. The number of piperazine rings is 1. The van der Waals surface area contributed by atoms with Gasteiger partial charge in [-0.15, -0.1) is 0 Å². The van der Waals surface area contributed by atoms with Gasteiger partial charge in [0.1, 0.15) is 5.60 Å². The number of benzene rings is 1. The maximum atomic E-state index is 12.6. The highest BCUT2D eigenvalue weighted by Gasteiger charge is 2.31. The standard InChI is InChI=1S/C19H30N2O2/c1-18(2,3)15-9-7-8-14(12-15)16-13-20-10-11-21(16)17(22)23-19(4,5)6/h7-9,12,16,20H,10-11,13H2,1-6H3. The molecule has 128 valence electrons. The van der Waals surface area contributed by atoms with Crippen LogP contribution in [0.3, 0.4) is 0 Å². The van der Waals surface area contributed by atoms with Crippen LogP contribution < -0.4 is 5.32 Å². The zero-order valence-electron chi connectivity index (χ0n) is 15.3. The first kappa shape index (κ1) is 17.8. The van der Waals surface area contributed by atoms with Crippen molar-refractivity contribution in [1.82, 2.24) is 10.2 Å². The first-order valence-electron chi connectivity index (χ1n) is 8.39. The zero-order chi connectivity index (χ0) is 17.3. The van der Waals surface area contributed by atoms with Gasteiger partial charge in [-0.05, 0) is 37.3 Å². The monoisotopic (exact) mass is 318 g/mol. The molecule has 2 rings (SSSR count). The Morgan fingerprint density at radius 1 is 1.22 bits per heavy atom. The number of carbonyl (C=O) groups is 1. The first-order chi connectivity index (χ1) is 10.6. The van der Waals surface area contributed by atoms with Gasteiger partial charge in [-0.1, -0.05) is 45.0 Å². The van der Waals surface area contributed by atoms with E-state index in [0.29, 0.717) is 6.54 Å². The molecule has 1 aliphatic rings. The summed E-state index contributed by atoms with van der Waals surface area (Å²) in [5, 5.41) is 3.39. The van der Waals surface area contributed by atoms with Gasteiger partial charge >= 0.3 is 6.09 Å². The van der Waals surface area contributed by atoms with Crippen molar-refractivity contribution in [3.63, 3.8) is 0 Å². The molecular weight excluding hydrogens is 288 g/mol. The highest BCUT2D eigenvalue weighted by atomic mass is 16.6. The molecule has 1 saturated heterocycles. The van der Waals surface area contributed by atoms with Crippen molar-refractivity contribution >= 4 is 6.09 Å². The van der Waals surface area contributed by atoms with E-state index in [1.807, 2.05) is 25.7 Å². The molecule has 0 aliphatic carbocycles. The summed E-state index contributed by atoms with van der Waals surface area (Å²) < 4.78 is 5.59. The van der Waals surface area contributed by atoms with Crippen molar-refractivity contribution in [3.05, 3.63) is 35.4 Å². The number of nitrogens with zero attached hydrogens (tertiary/aromatic N) is 1. The Morgan fingerprint density at radius 3 is 2.52 bits per heavy atom. The van der Waals surface area contributed by atoms with Crippen LogP contribution in [0.2, 0.25) is 0 Å². The smallest absolute Gasteiger partial charge is 0.410 e. The minimum Gasteiger partial charge on any atom is -0.444 e. The molecule has 1 atom stereocenters. The van der Waals surface area contributed by atoms with E-state index >= 15 is 0 Å². The van der Waals surface area contributed by atoms with E-state index in [0.717, 1.165) is 18.7 Å². The van der Waals surface area contributed by atoms with E-state index < -0.39 is 5.60 Å². The second-order valence-electron chi connectivity index (χ2n) is 8.27. The number of rotatable bonds is 1. The van der Waals surface area contributed by atoms with Gasteiger partial charge in [0, 0.05) is 19.6 Å². The molecular formula is C19H30N2O2. The van der Waals surface area contributed by atoms with Crippen LogP contribution in [0.1, 0.15) is 58.7 Å². The number of carbonyl (C=O) groups excluding carboxylic acids is 1. The lowest BCUT2D eigenvalue weighted by Crippen LogP contribution is -2.50. The van der Waals surface area contributed by atoms with E-state index in [2.05, 4.69) is 50.4 Å². The highest BCUT2D eigenvalue weighted by molar-refractivity contribution is 5.69. The Labute approximate surface area is 140 Å². The minimum atomic E-state index is -0.472. The van der Waals surface area contributed by atoms with Crippen LogP contribution in [0.4, 0.5) is 4.79 Å². The summed E-state index contributed by atoms with van der Waals surface area (Å²) in [5.74, 6) is 0. The van der Waals surface area contributed by atoms with E-state index in [-0.39, 0.29) is 17.6 Å². The molecule has 1 N–H and O–H groups in total. The van der Waals surface area contributed by atoms with Gasteiger partial charge in [-0.2, -0.15) is 0 Å². The Hall–Kier alpha value is -1.55. The van der Waals surface area contributed by atoms with Crippen LogP contribution in [0, 0.1) is 0 Å². The van der Waals surface area contributed by atoms with Crippen molar-refractivity contribution in [1.29, 1.82) is 0 Å². The number of hydrogen-bond donors (Lipinski definition) is 1. The third kappa shape index (κ3) is 4.71. The van der Waals surface area contributed by atoms with Gasteiger partial charge in [-0.3, -0.25) is 4.90 Å². The molecule has 0 radical (unpaired) electrons. The Balaban J connectivity index is 2.26. The van der Waals surface area contributed by atoms with Crippen molar-refractivity contribution in [3.8, 4) is 0 Å². The Morgan fingerprint density at radius 2 is 1.91 bits per heavy atom. The van der Waals surface area contributed by atoms with Crippen LogP contribution >= 0.6 is 0 Å². The molecule has 4 nitrogen and oxygen atoms in total. The summed E-state index contributed by atoms with van der Waals surface area (Å²) >= 11 is 0. The molecule has 0 aromatic heterocycles. The highest BCUT2D eigenvalue weighted by Crippen LogP contribution is 2.29. The first-order valence-corrected chi connectivity index (χ1v) is 8.39. The number of nitrogens with one attached hydrogen (secondary N) is 1. The third-order valence-corrected chi connectivity index (χ3v) is 4.01. The number of hydrogen-bond acceptors (Lipinski definition) is 3. The van der Waals surface area contributed by atoms with Gasteiger partial charge in [0.25, 0.3) is 0 Å². The number of ether oxygens (including phenoxy) is 1. The molecule has 1 aromatic carbocycles. The quantitative estimate of drug-likeness (QED) is 0.855. The molecule has 1 aliphatic heterocycles. The molecule has 1 unspecified atom stereocenters. The predicted molar refractivity (Wildman–Crippen MR) is 93.7 cm³/mol. The van der Waals surface area contributed by atoms with Crippen LogP contribution in [-0.2, 0) is 10.2 Å². The Kier molecular flexibility index (Phi) is 5.04. The lowest BCUT2D eigenvalue weighted by atomic mass is 9.85. The molecule has 1 heterocycles. The van der Waals surface area contributed by atoms with Gasteiger partial charge in [-0.25, -0.2) is 4.79 Å². The van der Waals surface area contributed by atoms with Gasteiger partial charge in [0.05, 0.1) is 6.04 Å². The molecule has 1 aromatic rings. The molecule has 0 spiro atoms. The summed E-state index contributed by atoms with van der Waals surface area (Å²) in [4.78, 5) is 14.4. The summed E-state index contributed by atoms with van der Waals surface area (Å²) in [6, 6.07) is 8.56. The lowest BCUT2D eigenvalue weighted by molar-refractivity contribution is 0.0118. The largest absolute Gasteiger partial charge is 0.444 e. The van der Waals surface area contributed by atoms with Crippen molar-refractivity contribution < 1.29 is 9.53 Å². The molecule has 1 amide bonds. The van der Waals surface area contributed by atoms with Gasteiger partial charge in [0.15, 0.2) is 0 Å². The maximum absolute atomic E-state index is 12.6. The molecule has 23 heavy (non-hydrogen) atoms. The Bertz CT molecular complexity index is 555. The van der Waals surface area contributed by atoms with Crippen LogP contribution in [0.15, 0.2) is 24.3 Å². The van der Waals surface area contributed by atoms with Gasteiger partial charge in [0.2, 0.25) is 0 Å². The summed E-state index contributed by atoms with van der Waals surface area (Å²) in [5.41, 5.74) is 2.06. The topological polar surface area (TPSA) is 41.6 Å². The van der Waals surface area contributed by atoms with Crippen LogP contribution in [0.5, 0.6) is 0 Å². The van der Waals surface area contributed by atoms with Crippen molar-refractivity contribution in [2.24, 2.45) is 0 Å². The summed E-state index contributed by atoms with van der Waals surface area (Å²) in [7, 11) is 0.